The monoisotopic (exact) mass is 247 g/mol. The highest BCUT2D eigenvalue weighted by Gasteiger charge is 2.21. The summed E-state index contributed by atoms with van der Waals surface area (Å²) in [4.78, 5) is 20.6. The van der Waals surface area contributed by atoms with Gasteiger partial charge in [-0.3, -0.25) is 4.90 Å². The lowest BCUT2D eigenvalue weighted by atomic mass is 10.2. The molecule has 0 atom stereocenters. The summed E-state index contributed by atoms with van der Waals surface area (Å²) in [5.74, 6) is 0.555. The van der Waals surface area contributed by atoms with Crippen molar-refractivity contribution in [2.24, 2.45) is 0 Å². The first kappa shape index (κ1) is 12.4. The van der Waals surface area contributed by atoms with E-state index in [-0.39, 0.29) is 0 Å². The van der Waals surface area contributed by atoms with E-state index in [0.29, 0.717) is 5.82 Å². The number of nitrogens with one attached hydrogen (secondary N) is 1. The van der Waals surface area contributed by atoms with Gasteiger partial charge in [0, 0.05) is 30.9 Å². The molecule has 0 aliphatic heterocycles. The number of H-pyrrole nitrogens is 1. The molecular formula is C13H17N3O2. The van der Waals surface area contributed by atoms with Gasteiger partial charge in [0.15, 0.2) is 0 Å². The van der Waals surface area contributed by atoms with E-state index in [1.807, 2.05) is 39.1 Å². The number of nitrogens with zero attached hydrogens (tertiary/aromatic N) is 2. The van der Waals surface area contributed by atoms with E-state index in [9.17, 15) is 4.79 Å². The van der Waals surface area contributed by atoms with Crippen LogP contribution in [0.25, 0.3) is 10.9 Å². The van der Waals surface area contributed by atoms with Crippen molar-refractivity contribution < 1.29 is 9.53 Å². The van der Waals surface area contributed by atoms with Gasteiger partial charge in [-0.05, 0) is 26.8 Å². The highest BCUT2D eigenvalue weighted by molar-refractivity contribution is 5.89. The van der Waals surface area contributed by atoms with E-state index in [1.54, 1.807) is 13.2 Å². The second kappa shape index (κ2) is 4.33. The number of hydrogen-bond acceptors (Lipinski definition) is 3. The minimum atomic E-state index is -0.512. The fourth-order valence-electron chi connectivity index (χ4n) is 1.54. The van der Waals surface area contributed by atoms with E-state index < -0.39 is 11.7 Å². The SMILES string of the molecule is CN(C(=O)OC(C)(C)C)c1cc2[nH]ccc2cn1. The minimum absolute atomic E-state index is 0.416. The molecule has 2 aromatic heterocycles. The molecule has 2 aromatic rings. The average Bonchev–Trinajstić information content (AvgIpc) is 2.72. The maximum atomic E-state index is 11.9. The highest BCUT2D eigenvalue weighted by Crippen LogP contribution is 2.19. The number of anilines is 1. The van der Waals surface area contributed by atoms with Crippen molar-refractivity contribution in [1.29, 1.82) is 0 Å². The van der Waals surface area contributed by atoms with Crippen LogP contribution >= 0.6 is 0 Å². The summed E-state index contributed by atoms with van der Waals surface area (Å²) in [6.45, 7) is 5.50. The van der Waals surface area contributed by atoms with E-state index in [0.717, 1.165) is 10.9 Å². The zero-order chi connectivity index (χ0) is 13.3. The van der Waals surface area contributed by atoms with Crippen LogP contribution in [0, 0.1) is 0 Å². The Balaban J connectivity index is 2.22. The van der Waals surface area contributed by atoms with Crippen LogP contribution < -0.4 is 4.90 Å². The molecular weight excluding hydrogens is 230 g/mol. The van der Waals surface area contributed by atoms with E-state index >= 15 is 0 Å². The molecule has 1 amide bonds. The molecule has 0 aliphatic carbocycles. The van der Waals surface area contributed by atoms with Gasteiger partial charge in [-0.15, -0.1) is 0 Å². The van der Waals surface area contributed by atoms with Crippen molar-refractivity contribution in [2.45, 2.75) is 26.4 Å². The maximum absolute atomic E-state index is 11.9. The maximum Gasteiger partial charge on any atom is 0.415 e. The third-order valence-corrected chi connectivity index (χ3v) is 2.43. The zero-order valence-corrected chi connectivity index (χ0v) is 11.0. The van der Waals surface area contributed by atoms with Crippen molar-refractivity contribution in [1.82, 2.24) is 9.97 Å². The molecule has 2 rings (SSSR count). The van der Waals surface area contributed by atoms with Crippen LogP contribution in [0.2, 0.25) is 0 Å². The van der Waals surface area contributed by atoms with E-state index in [1.165, 1.54) is 4.90 Å². The molecule has 0 radical (unpaired) electrons. The van der Waals surface area contributed by atoms with E-state index in [4.69, 9.17) is 4.74 Å². The lowest BCUT2D eigenvalue weighted by Crippen LogP contribution is -2.34. The number of aromatic amines is 1. The van der Waals surface area contributed by atoms with Crippen molar-refractivity contribution in [3.8, 4) is 0 Å². The Labute approximate surface area is 106 Å². The number of amides is 1. The lowest BCUT2D eigenvalue weighted by Gasteiger charge is -2.24. The van der Waals surface area contributed by atoms with Crippen LogP contribution in [-0.4, -0.2) is 28.7 Å². The molecule has 1 N–H and O–H groups in total. The first-order valence-corrected chi connectivity index (χ1v) is 5.77. The van der Waals surface area contributed by atoms with Crippen molar-refractivity contribution >= 4 is 22.8 Å². The molecule has 5 heteroatoms. The summed E-state index contributed by atoms with van der Waals surface area (Å²) in [6.07, 6.45) is 3.15. The number of pyridine rings is 1. The smallest absolute Gasteiger partial charge is 0.415 e. The van der Waals surface area contributed by atoms with Crippen LogP contribution in [-0.2, 0) is 4.74 Å². The van der Waals surface area contributed by atoms with Gasteiger partial charge in [-0.2, -0.15) is 0 Å². The van der Waals surface area contributed by atoms with Crippen LogP contribution in [0.1, 0.15) is 20.8 Å². The number of fused-ring (bicyclic) bond motifs is 1. The number of rotatable bonds is 1. The summed E-state index contributed by atoms with van der Waals surface area (Å²) < 4.78 is 5.28. The first-order valence-electron chi connectivity index (χ1n) is 5.77. The first-order chi connectivity index (χ1) is 8.37. The molecule has 18 heavy (non-hydrogen) atoms. The summed E-state index contributed by atoms with van der Waals surface area (Å²) >= 11 is 0. The summed E-state index contributed by atoms with van der Waals surface area (Å²) in [6, 6.07) is 3.75. The third-order valence-electron chi connectivity index (χ3n) is 2.43. The molecule has 96 valence electrons. The van der Waals surface area contributed by atoms with Gasteiger partial charge in [-0.1, -0.05) is 0 Å². The van der Waals surface area contributed by atoms with Crippen molar-refractivity contribution in [3.63, 3.8) is 0 Å². The van der Waals surface area contributed by atoms with Gasteiger partial charge in [0.25, 0.3) is 0 Å². The molecule has 0 saturated carbocycles. The molecule has 0 aromatic carbocycles. The summed E-state index contributed by atoms with van der Waals surface area (Å²) in [7, 11) is 1.64. The molecule has 2 heterocycles. The Morgan fingerprint density at radius 3 is 2.83 bits per heavy atom. The number of hydrogen-bond donors (Lipinski definition) is 1. The van der Waals surface area contributed by atoms with Gasteiger partial charge < -0.3 is 9.72 Å². The van der Waals surface area contributed by atoms with Crippen LogP contribution in [0.3, 0.4) is 0 Å². The molecule has 0 saturated heterocycles. The largest absolute Gasteiger partial charge is 0.443 e. The third kappa shape index (κ3) is 2.61. The fraction of sp³-hybridized carbons (Fsp3) is 0.385. The molecule has 5 nitrogen and oxygen atoms in total. The quantitative estimate of drug-likeness (QED) is 0.842. The summed E-state index contributed by atoms with van der Waals surface area (Å²) in [5.41, 5.74) is 0.428. The number of carbonyl (C=O) groups is 1. The number of aromatic nitrogens is 2. The Morgan fingerprint density at radius 1 is 1.44 bits per heavy atom. The van der Waals surface area contributed by atoms with Gasteiger partial charge in [0.05, 0.1) is 5.52 Å². The molecule has 0 spiro atoms. The lowest BCUT2D eigenvalue weighted by molar-refractivity contribution is 0.0588. The Morgan fingerprint density at radius 2 is 2.17 bits per heavy atom. The standard InChI is InChI=1S/C13H17N3O2/c1-13(2,3)18-12(17)16(4)11-7-10-9(8-15-11)5-6-14-10/h5-8,14H,1-4H3. The zero-order valence-electron chi connectivity index (χ0n) is 11.0. The molecule has 0 unspecified atom stereocenters. The molecule has 0 bridgehead atoms. The van der Waals surface area contributed by atoms with Crippen LogP contribution in [0.15, 0.2) is 24.5 Å². The van der Waals surface area contributed by atoms with Gasteiger partial charge in [-0.25, -0.2) is 9.78 Å². The highest BCUT2D eigenvalue weighted by atomic mass is 16.6. The second-order valence-electron chi connectivity index (χ2n) is 5.15. The van der Waals surface area contributed by atoms with E-state index in [2.05, 4.69) is 9.97 Å². The molecule has 0 aliphatic rings. The summed E-state index contributed by atoms with van der Waals surface area (Å²) in [5, 5.41) is 1.01. The number of ether oxygens (including phenoxy) is 1. The predicted molar refractivity (Wildman–Crippen MR) is 70.7 cm³/mol. The average molecular weight is 247 g/mol. The van der Waals surface area contributed by atoms with Crippen LogP contribution in [0.4, 0.5) is 10.6 Å². The topological polar surface area (TPSA) is 58.2 Å². The molecule has 0 fully saturated rings. The van der Waals surface area contributed by atoms with Crippen molar-refractivity contribution in [2.75, 3.05) is 11.9 Å². The Kier molecular flexibility index (Phi) is 2.98. The Hall–Kier alpha value is -2.04. The Bertz CT molecular complexity index is 569. The fourth-order valence-corrected chi connectivity index (χ4v) is 1.54. The van der Waals surface area contributed by atoms with Gasteiger partial charge in [0.1, 0.15) is 11.4 Å². The minimum Gasteiger partial charge on any atom is -0.443 e. The predicted octanol–water partition coefficient (Wildman–Crippen LogP) is 2.93. The normalized spacial score (nSPS) is 11.6. The van der Waals surface area contributed by atoms with Gasteiger partial charge in [0.2, 0.25) is 0 Å². The van der Waals surface area contributed by atoms with Crippen LogP contribution in [0.5, 0.6) is 0 Å². The van der Waals surface area contributed by atoms with Gasteiger partial charge >= 0.3 is 6.09 Å². The number of carbonyl (C=O) groups excluding carboxylic acids is 1. The van der Waals surface area contributed by atoms with Crippen molar-refractivity contribution in [3.05, 3.63) is 24.5 Å². The second-order valence-corrected chi connectivity index (χ2v) is 5.15.